The predicted molar refractivity (Wildman–Crippen MR) is 84.5 cm³/mol. The predicted octanol–water partition coefficient (Wildman–Crippen LogP) is 0.138. The summed E-state index contributed by atoms with van der Waals surface area (Å²) in [6, 6.07) is 0.121. The summed E-state index contributed by atoms with van der Waals surface area (Å²) in [4.78, 5) is 2.29. The third kappa shape index (κ3) is 8.73. The van der Waals surface area contributed by atoms with Crippen molar-refractivity contribution >= 4 is 9.84 Å². The molecule has 1 aliphatic heterocycles. The van der Waals surface area contributed by atoms with Crippen LogP contribution in [0.2, 0.25) is 0 Å². The third-order valence-corrected chi connectivity index (χ3v) is 5.37. The molecular weight excluding hydrogens is 292 g/mol. The third-order valence-electron chi connectivity index (χ3n) is 3.61. The molecule has 126 valence electrons. The second kappa shape index (κ2) is 10.5. The van der Waals surface area contributed by atoms with Crippen LogP contribution in [0.5, 0.6) is 0 Å². The molecule has 0 aromatic carbocycles. The van der Waals surface area contributed by atoms with Gasteiger partial charge in [0, 0.05) is 45.4 Å². The van der Waals surface area contributed by atoms with Crippen LogP contribution >= 0.6 is 0 Å². The standard InChI is InChI=1S/C14H30N2O4S/c1-3-19-10-8-16(9-11-20-4-2)7-6-15-14-5-12-21(17,18)13-14/h14-15H,3-13H2,1-2H3. The molecule has 0 aromatic rings. The molecule has 0 radical (unpaired) electrons. The normalized spacial score (nSPS) is 21.2. The van der Waals surface area contributed by atoms with Gasteiger partial charge in [-0.3, -0.25) is 4.90 Å². The molecule has 1 fully saturated rings. The smallest absolute Gasteiger partial charge is 0.151 e. The highest BCUT2D eigenvalue weighted by Gasteiger charge is 2.27. The Morgan fingerprint density at radius 3 is 2.19 bits per heavy atom. The van der Waals surface area contributed by atoms with Gasteiger partial charge >= 0.3 is 0 Å². The lowest BCUT2D eigenvalue weighted by molar-refractivity contribution is 0.0830. The van der Waals surface area contributed by atoms with E-state index in [4.69, 9.17) is 9.47 Å². The summed E-state index contributed by atoms with van der Waals surface area (Å²) in [5, 5.41) is 3.35. The van der Waals surface area contributed by atoms with Gasteiger partial charge in [0.05, 0.1) is 24.7 Å². The van der Waals surface area contributed by atoms with E-state index in [9.17, 15) is 8.42 Å². The van der Waals surface area contributed by atoms with Crippen molar-refractivity contribution < 1.29 is 17.9 Å². The maximum Gasteiger partial charge on any atom is 0.151 e. The lowest BCUT2D eigenvalue weighted by atomic mass is 10.2. The number of hydrogen-bond acceptors (Lipinski definition) is 6. The molecule has 1 rings (SSSR count). The van der Waals surface area contributed by atoms with Crippen molar-refractivity contribution in [3.05, 3.63) is 0 Å². The van der Waals surface area contributed by atoms with Gasteiger partial charge in [0.2, 0.25) is 0 Å². The number of nitrogens with one attached hydrogen (secondary N) is 1. The highest BCUT2D eigenvalue weighted by Crippen LogP contribution is 2.10. The number of hydrogen-bond donors (Lipinski definition) is 1. The van der Waals surface area contributed by atoms with E-state index in [2.05, 4.69) is 10.2 Å². The quantitative estimate of drug-likeness (QED) is 0.516. The van der Waals surface area contributed by atoms with Crippen LogP contribution in [0.4, 0.5) is 0 Å². The minimum absolute atomic E-state index is 0.121. The van der Waals surface area contributed by atoms with E-state index in [1.807, 2.05) is 13.8 Å². The van der Waals surface area contributed by atoms with Crippen molar-refractivity contribution in [1.29, 1.82) is 0 Å². The first-order chi connectivity index (χ1) is 10.1. The second-order valence-corrected chi connectivity index (χ2v) is 7.52. The molecule has 1 N–H and O–H groups in total. The van der Waals surface area contributed by atoms with Crippen LogP contribution in [0.3, 0.4) is 0 Å². The Morgan fingerprint density at radius 1 is 1.10 bits per heavy atom. The van der Waals surface area contributed by atoms with Crippen LogP contribution in [0, 0.1) is 0 Å². The lowest BCUT2D eigenvalue weighted by Crippen LogP contribution is -2.40. The average molecular weight is 322 g/mol. The van der Waals surface area contributed by atoms with Crippen LogP contribution in [0.15, 0.2) is 0 Å². The molecule has 0 aliphatic carbocycles. The van der Waals surface area contributed by atoms with Crippen molar-refractivity contribution in [3.63, 3.8) is 0 Å². The van der Waals surface area contributed by atoms with Crippen LogP contribution in [-0.2, 0) is 19.3 Å². The van der Waals surface area contributed by atoms with Gasteiger partial charge in [0.1, 0.15) is 0 Å². The van der Waals surface area contributed by atoms with Crippen LogP contribution in [0.1, 0.15) is 20.3 Å². The number of sulfone groups is 1. The van der Waals surface area contributed by atoms with E-state index in [1.165, 1.54) is 0 Å². The Hall–Kier alpha value is -0.210. The fourth-order valence-corrected chi connectivity index (χ4v) is 4.10. The summed E-state index contributed by atoms with van der Waals surface area (Å²) in [6.07, 6.45) is 0.736. The highest BCUT2D eigenvalue weighted by molar-refractivity contribution is 7.91. The van der Waals surface area contributed by atoms with Crippen molar-refractivity contribution in [1.82, 2.24) is 10.2 Å². The zero-order valence-electron chi connectivity index (χ0n) is 13.3. The van der Waals surface area contributed by atoms with Gasteiger partial charge in [-0.05, 0) is 20.3 Å². The Bertz CT molecular complexity index is 352. The fourth-order valence-electron chi connectivity index (χ4n) is 2.39. The molecule has 0 amide bonds. The Balaban J connectivity index is 2.21. The molecule has 6 nitrogen and oxygen atoms in total. The highest BCUT2D eigenvalue weighted by atomic mass is 32.2. The molecule has 1 heterocycles. The van der Waals surface area contributed by atoms with Crippen molar-refractivity contribution in [2.45, 2.75) is 26.3 Å². The SMILES string of the molecule is CCOCCN(CCNC1CCS(=O)(=O)C1)CCOCC. The summed E-state index contributed by atoms with van der Waals surface area (Å²) < 4.78 is 33.6. The molecule has 0 aromatic heterocycles. The van der Waals surface area contributed by atoms with Crippen LogP contribution < -0.4 is 5.32 Å². The first-order valence-corrected chi connectivity index (χ1v) is 9.71. The molecule has 21 heavy (non-hydrogen) atoms. The van der Waals surface area contributed by atoms with Gasteiger partial charge < -0.3 is 14.8 Å². The molecular formula is C14H30N2O4S. The summed E-state index contributed by atoms with van der Waals surface area (Å²) in [6.45, 7) is 10.3. The zero-order valence-corrected chi connectivity index (χ0v) is 14.2. The van der Waals surface area contributed by atoms with Gasteiger partial charge in [-0.2, -0.15) is 0 Å². The first-order valence-electron chi connectivity index (χ1n) is 7.89. The summed E-state index contributed by atoms with van der Waals surface area (Å²) in [7, 11) is -2.80. The molecule has 1 atom stereocenters. The molecule has 1 saturated heterocycles. The topological polar surface area (TPSA) is 67.9 Å². The first kappa shape index (κ1) is 18.8. The van der Waals surface area contributed by atoms with E-state index in [-0.39, 0.29) is 11.8 Å². The van der Waals surface area contributed by atoms with E-state index in [0.717, 1.165) is 59.0 Å². The zero-order chi connectivity index (χ0) is 15.6. The monoisotopic (exact) mass is 322 g/mol. The molecule has 1 aliphatic rings. The van der Waals surface area contributed by atoms with E-state index >= 15 is 0 Å². The maximum absolute atomic E-state index is 11.4. The molecule has 0 saturated carbocycles. The maximum atomic E-state index is 11.4. The molecule has 0 spiro atoms. The summed E-state index contributed by atoms with van der Waals surface area (Å²) in [5.41, 5.74) is 0. The summed E-state index contributed by atoms with van der Waals surface area (Å²) >= 11 is 0. The fraction of sp³-hybridized carbons (Fsp3) is 1.00. The number of rotatable bonds is 12. The van der Waals surface area contributed by atoms with Gasteiger partial charge in [0.15, 0.2) is 9.84 Å². The van der Waals surface area contributed by atoms with E-state index in [0.29, 0.717) is 5.75 Å². The van der Waals surface area contributed by atoms with Gasteiger partial charge in [0.25, 0.3) is 0 Å². The average Bonchev–Trinajstić information content (AvgIpc) is 2.78. The Labute approximate surface area is 129 Å². The minimum Gasteiger partial charge on any atom is -0.380 e. The van der Waals surface area contributed by atoms with E-state index in [1.54, 1.807) is 0 Å². The lowest BCUT2D eigenvalue weighted by Gasteiger charge is -2.23. The number of nitrogens with zero attached hydrogens (tertiary/aromatic N) is 1. The van der Waals surface area contributed by atoms with Gasteiger partial charge in [-0.1, -0.05) is 0 Å². The van der Waals surface area contributed by atoms with E-state index < -0.39 is 9.84 Å². The molecule has 0 bridgehead atoms. The van der Waals surface area contributed by atoms with Crippen molar-refractivity contribution in [2.24, 2.45) is 0 Å². The van der Waals surface area contributed by atoms with Crippen LogP contribution in [0.25, 0.3) is 0 Å². The Morgan fingerprint density at radius 2 is 1.71 bits per heavy atom. The second-order valence-electron chi connectivity index (χ2n) is 5.29. The number of ether oxygens (including phenoxy) is 2. The van der Waals surface area contributed by atoms with Crippen molar-refractivity contribution in [3.8, 4) is 0 Å². The van der Waals surface area contributed by atoms with Crippen LogP contribution in [-0.4, -0.2) is 83.5 Å². The minimum atomic E-state index is -2.80. The van der Waals surface area contributed by atoms with Gasteiger partial charge in [-0.25, -0.2) is 8.42 Å². The molecule has 7 heteroatoms. The summed E-state index contributed by atoms with van der Waals surface area (Å²) in [5.74, 6) is 0.605. The van der Waals surface area contributed by atoms with Crippen molar-refractivity contribution in [2.75, 3.05) is 64.1 Å². The molecule has 1 unspecified atom stereocenters. The Kier molecular flexibility index (Phi) is 9.42. The van der Waals surface area contributed by atoms with Gasteiger partial charge in [-0.15, -0.1) is 0 Å². The largest absolute Gasteiger partial charge is 0.380 e.